The third-order valence-corrected chi connectivity index (χ3v) is 2.60. The van der Waals surface area contributed by atoms with Crippen LogP contribution in [0.3, 0.4) is 0 Å². The normalized spacial score (nSPS) is 10.6. The van der Waals surface area contributed by atoms with E-state index < -0.39 is 0 Å². The second-order valence-electron chi connectivity index (χ2n) is 3.03. The van der Waals surface area contributed by atoms with Crippen molar-refractivity contribution >= 4 is 26.8 Å². The maximum Gasteiger partial charge on any atom is 0.0713 e. The van der Waals surface area contributed by atoms with Crippen molar-refractivity contribution in [2.24, 2.45) is 0 Å². The van der Waals surface area contributed by atoms with Gasteiger partial charge in [0, 0.05) is 16.1 Å². The van der Waals surface area contributed by atoms with Crippen LogP contribution in [-0.2, 0) is 6.42 Å². The SMILES string of the molecule is CCc1cnc2cc(Br)ccc2c1. The fourth-order valence-corrected chi connectivity index (χ4v) is 1.68. The van der Waals surface area contributed by atoms with E-state index in [0.717, 1.165) is 16.4 Å². The van der Waals surface area contributed by atoms with Crippen LogP contribution in [-0.4, -0.2) is 4.98 Å². The Labute approximate surface area is 85.9 Å². The number of aromatic nitrogens is 1. The zero-order valence-electron chi connectivity index (χ0n) is 7.42. The van der Waals surface area contributed by atoms with Gasteiger partial charge in [0.25, 0.3) is 0 Å². The Bertz CT molecular complexity index is 437. The first-order valence-electron chi connectivity index (χ1n) is 4.34. The average molecular weight is 236 g/mol. The summed E-state index contributed by atoms with van der Waals surface area (Å²) in [5.74, 6) is 0. The van der Waals surface area contributed by atoms with Crippen LogP contribution in [0.1, 0.15) is 12.5 Å². The number of pyridine rings is 1. The zero-order valence-corrected chi connectivity index (χ0v) is 9.01. The number of hydrogen-bond acceptors (Lipinski definition) is 1. The van der Waals surface area contributed by atoms with E-state index in [9.17, 15) is 0 Å². The van der Waals surface area contributed by atoms with Gasteiger partial charge in [-0.05, 0) is 30.2 Å². The molecule has 0 atom stereocenters. The van der Waals surface area contributed by atoms with E-state index in [4.69, 9.17) is 0 Å². The average Bonchev–Trinajstić information content (AvgIpc) is 2.17. The van der Waals surface area contributed by atoms with Crippen molar-refractivity contribution in [1.29, 1.82) is 0 Å². The number of hydrogen-bond donors (Lipinski definition) is 0. The molecule has 0 saturated carbocycles. The minimum Gasteiger partial charge on any atom is -0.256 e. The monoisotopic (exact) mass is 235 g/mol. The van der Waals surface area contributed by atoms with Crippen molar-refractivity contribution in [2.45, 2.75) is 13.3 Å². The highest BCUT2D eigenvalue weighted by Gasteiger charge is 1.96. The van der Waals surface area contributed by atoms with Gasteiger partial charge in [-0.3, -0.25) is 4.98 Å². The van der Waals surface area contributed by atoms with Crippen LogP contribution in [0.5, 0.6) is 0 Å². The minimum absolute atomic E-state index is 1.04. The summed E-state index contributed by atoms with van der Waals surface area (Å²) in [4.78, 5) is 4.38. The van der Waals surface area contributed by atoms with E-state index in [2.05, 4.69) is 40.0 Å². The molecule has 1 nitrogen and oxygen atoms in total. The third kappa shape index (κ3) is 1.73. The first kappa shape index (κ1) is 8.70. The van der Waals surface area contributed by atoms with Crippen molar-refractivity contribution < 1.29 is 0 Å². The van der Waals surface area contributed by atoms with Crippen LogP contribution in [0.4, 0.5) is 0 Å². The standard InChI is InChI=1S/C11H10BrN/c1-2-8-5-9-3-4-10(12)6-11(9)13-7-8/h3-7H,2H2,1H3. The lowest BCUT2D eigenvalue weighted by Gasteiger charge is -2.00. The molecule has 0 fully saturated rings. The largest absolute Gasteiger partial charge is 0.256 e. The number of halogens is 1. The van der Waals surface area contributed by atoms with Crippen LogP contribution in [0.25, 0.3) is 10.9 Å². The molecule has 2 aromatic rings. The van der Waals surface area contributed by atoms with Crippen LogP contribution < -0.4 is 0 Å². The molecule has 0 unspecified atom stereocenters. The fourth-order valence-electron chi connectivity index (χ4n) is 1.33. The van der Waals surface area contributed by atoms with Gasteiger partial charge in [-0.15, -0.1) is 0 Å². The molecule has 66 valence electrons. The predicted octanol–water partition coefficient (Wildman–Crippen LogP) is 3.56. The second kappa shape index (κ2) is 3.46. The van der Waals surface area contributed by atoms with E-state index in [-0.39, 0.29) is 0 Å². The highest BCUT2D eigenvalue weighted by molar-refractivity contribution is 9.10. The van der Waals surface area contributed by atoms with Crippen molar-refractivity contribution in [3.8, 4) is 0 Å². The van der Waals surface area contributed by atoms with Gasteiger partial charge < -0.3 is 0 Å². The van der Waals surface area contributed by atoms with Gasteiger partial charge in [0.2, 0.25) is 0 Å². The Kier molecular flexibility index (Phi) is 2.32. The van der Waals surface area contributed by atoms with Crippen molar-refractivity contribution in [1.82, 2.24) is 4.98 Å². The second-order valence-corrected chi connectivity index (χ2v) is 3.95. The summed E-state index contributed by atoms with van der Waals surface area (Å²) in [6, 6.07) is 8.36. The predicted molar refractivity (Wildman–Crippen MR) is 58.8 cm³/mol. The maximum atomic E-state index is 4.38. The highest BCUT2D eigenvalue weighted by atomic mass is 79.9. The summed E-state index contributed by atoms with van der Waals surface area (Å²) in [6.45, 7) is 2.14. The molecule has 1 aromatic carbocycles. The number of aryl methyl sites for hydroxylation is 1. The van der Waals surface area contributed by atoms with Gasteiger partial charge in [0.15, 0.2) is 0 Å². The molecule has 0 aliphatic heterocycles. The van der Waals surface area contributed by atoms with Gasteiger partial charge in [0.1, 0.15) is 0 Å². The Morgan fingerprint density at radius 2 is 2.15 bits per heavy atom. The summed E-state index contributed by atoms with van der Waals surface area (Å²) >= 11 is 3.43. The molecule has 2 heteroatoms. The van der Waals surface area contributed by atoms with Gasteiger partial charge in [-0.25, -0.2) is 0 Å². The maximum absolute atomic E-state index is 4.38. The van der Waals surface area contributed by atoms with Gasteiger partial charge >= 0.3 is 0 Å². The van der Waals surface area contributed by atoms with Crippen molar-refractivity contribution in [2.75, 3.05) is 0 Å². The number of nitrogens with zero attached hydrogens (tertiary/aromatic N) is 1. The Balaban J connectivity index is 2.66. The lowest BCUT2D eigenvalue weighted by molar-refractivity contribution is 1.12. The summed E-state index contributed by atoms with van der Waals surface area (Å²) < 4.78 is 1.08. The highest BCUT2D eigenvalue weighted by Crippen LogP contribution is 2.18. The molecule has 0 bridgehead atoms. The molecule has 0 radical (unpaired) electrons. The number of fused-ring (bicyclic) bond motifs is 1. The lowest BCUT2D eigenvalue weighted by atomic mass is 10.1. The van der Waals surface area contributed by atoms with Crippen molar-refractivity contribution in [3.63, 3.8) is 0 Å². The molecular formula is C11H10BrN. The molecule has 2 rings (SSSR count). The molecule has 0 amide bonds. The van der Waals surface area contributed by atoms with E-state index in [1.165, 1.54) is 10.9 Å². The van der Waals surface area contributed by atoms with Gasteiger partial charge in [-0.1, -0.05) is 28.9 Å². The molecule has 0 saturated heterocycles. The zero-order chi connectivity index (χ0) is 9.26. The minimum atomic E-state index is 1.04. The molecule has 0 spiro atoms. The molecule has 0 aliphatic rings. The van der Waals surface area contributed by atoms with Gasteiger partial charge in [-0.2, -0.15) is 0 Å². The first-order chi connectivity index (χ1) is 6.29. The van der Waals surface area contributed by atoms with Crippen LogP contribution in [0.2, 0.25) is 0 Å². The molecule has 1 heterocycles. The number of rotatable bonds is 1. The van der Waals surface area contributed by atoms with Crippen LogP contribution >= 0.6 is 15.9 Å². The van der Waals surface area contributed by atoms with Crippen LogP contribution in [0.15, 0.2) is 34.9 Å². The molecule has 0 N–H and O–H groups in total. The van der Waals surface area contributed by atoms with Gasteiger partial charge in [0.05, 0.1) is 5.52 Å². The smallest absolute Gasteiger partial charge is 0.0713 e. The van der Waals surface area contributed by atoms with E-state index >= 15 is 0 Å². The molecular weight excluding hydrogens is 226 g/mol. The molecule has 1 aromatic heterocycles. The fraction of sp³-hybridized carbons (Fsp3) is 0.182. The Hall–Kier alpha value is -0.890. The Morgan fingerprint density at radius 3 is 2.92 bits per heavy atom. The summed E-state index contributed by atoms with van der Waals surface area (Å²) in [5.41, 5.74) is 2.33. The molecule has 0 aliphatic carbocycles. The van der Waals surface area contributed by atoms with E-state index in [1.807, 2.05) is 18.3 Å². The van der Waals surface area contributed by atoms with E-state index in [1.54, 1.807) is 0 Å². The summed E-state index contributed by atoms with van der Waals surface area (Å²) in [5, 5.41) is 1.21. The topological polar surface area (TPSA) is 12.9 Å². The van der Waals surface area contributed by atoms with Crippen molar-refractivity contribution in [3.05, 3.63) is 40.5 Å². The quantitative estimate of drug-likeness (QED) is 0.737. The number of benzene rings is 1. The Morgan fingerprint density at radius 1 is 1.31 bits per heavy atom. The first-order valence-corrected chi connectivity index (χ1v) is 5.13. The molecule has 13 heavy (non-hydrogen) atoms. The summed E-state index contributed by atoms with van der Waals surface area (Å²) in [7, 11) is 0. The van der Waals surface area contributed by atoms with E-state index in [0.29, 0.717) is 0 Å². The third-order valence-electron chi connectivity index (χ3n) is 2.11. The van der Waals surface area contributed by atoms with Crippen LogP contribution in [0, 0.1) is 0 Å². The summed E-state index contributed by atoms with van der Waals surface area (Å²) in [6.07, 6.45) is 2.98. The lowest BCUT2D eigenvalue weighted by Crippen LogP contribution is -1.84.